The third kappa shape index (κ3) is 2.60. The molecule has 2 aromatic carbocycles. The Bertz CT molecular complexity index is 584. The zero-order valence-electron chi connectivity index (χ0n) is 9.75. The largest absolute Gasteiger partial charge is 0.320 e. The predicted molar refractivity (Wildman–Crippen MR) is 71.3 cm³/mol. The quantitative estimate of drug-likeness (QED) is 0.888. The van der Waals surface area contributed by atoms with E-state index < -0.39 is 6.04 Å². The van der Waals surface area contributed by atoms with Crippen LogP contribution in [0.2, 0.25) is 0 Å². The van der Waals surface area contributed by atoms with Gasteiger partial charge in [0.2, 0.25) is 0 Å². The normalized spacial score (nSPS) is 12.5. The summed E-state index contributed by atoms with van der Waals surface area (Å²) in [5.41, 5.74) is 7.87. The summed E-state index contributed by atoms with van der Waals surface area (Å²) in [4.78, 5) is 0. The first-order chi connectivity index (χ1) is 8.49. The molecule has 0 heterocycles. The second-order valence-corrected chi connectivity index (χ2v) is 5.06. The van der Waals surface area contributed by atoms with Crippen molar-refractivity contribution in [3.8, 4) is 0 Å². The smallest absolute Gasteiger partial charge is 0.128 e. The van der Waals surface area contributed by atoms with Crippen molar-refractivity contribution < 1.29 is 8.78 Å². The molecule has 2 rings (SSSR count). The van der Waals surface area contributed by atoms with Gasteiger partial charge in [-0.25, -0.2) is 8.78 Å². The summed E-state index contributed by atoms with van der Waals surface area (Å²) < 4.78 is 27.5. The second-order valence-electron chi connectivity index (χ2n) is 4.14. The van der Waals surface area contributed by atoms with Gasteiger partial charge in [0.1, 0.15) is 11.6 Å². The average Bonchev–Trinajstić information content (AvgIpc) is 2.31. The molecule has 0 amide bonds. The zero-order valence-corrected chi connectivity index (χ0v) is 11.3. The highest BCUT2D eigenvalue weighted by Crippen LogP contribution is 2.27. The molecule has 1 nitrogen and oxygen atoms in total. The maximum Gasteiger partial charge on any atom is 0.128 e. The molecule has 0 spiro atoms. The van der Waals surface area contributed by atoms with Crippen molar-refractivity contribution in [3.63, 3.8) is 0 Å². The average molecular weight is 312 g/mol. The van der Waals surface area contributed by atoms with E-state index in [4.69, 9.17) is 5.73 Å². The van der Waals surface area contributed by atoms with Gasteiger partial charge in [0.15, 0.2) is 0 Å². The molecule has 2 aromatic rings. The van der Waals surface area contributed by atoms with Crippen LogP contribution in [0.15, 0.2) is 40.9 Å². The number of rotatable bonds is 2. The Morgan fingerprint density at radius 2 is 1.78 bits per heavy atom. The van der Waals surface area contributed by atoms with Crippen LogP contribution in [0.3, 0.4) is 0 Å². The highest BCUT2D eigenvalue weighted by Gasteiger charge is 2.16. The van der Waals surface area contributed by atoms with Gasteiger partial charge in [0.25, 0.3) is 0 Å². The Morgan fingerprint density at radius 3 is 2.44 bits per heavy atom. The van der Waals surface area contributed by atoms with E-state index in [0.29, 0.717) is 16.7 Å². The predicted octanol–water partition coefficient (Wildman–Crippen LogP) is 4.08. The first-order valence-corrected chi connectivity index (χ1v) is 6.25. The van der Waals surface area contributed by atoms with Crippen LogP contribution in [-0.4, -0.2) is 0 Å². The van der Waals surface area contributed by atoms with Gasteiger partial charge in [-0.3, -0.25) is 0 Å². The van der Waals surface area contributed by atoms with E-state index in [1.807, 2.05) is 0 Å². The van der Waals surface area contributed by atoms with Gasteiger partial charge in [0, 0.05) is 10.0 Å². The molecule has 0 aliphatic carbocycles. The molecule has 1 atom stereocenters. The Labute approximate surface area is 113 Å². The van der Waals surface area contributed by atoms with Crippen molar-refractivity contribution in [3.05, 3.63) is 69.2 Å². The van der Waals surface area contributed by atoms with Gasteiger partial charge in [-0.1, -0.05) is 22.0 Å². The van der Waals surface area contributed by atoms with Crippen LogP contribution >= 0.6 is 15.9 Å². The molecule has 94 valence electrons. The van der Waals surface area contributed by atoms with Crippen LogP contribution in [0.5, 0.6) is 0 Å². The topological polar surface area (TPSA) is 26.0 Å². The van der Waals surface area contributed by atoms with Gasteiger partial charge in [-0.2, -0.15) is 0 Å². The van der Waals surface area contributed by atoms with Crippen molar-refractivity contribution >= 4 is 15.9 Å². The van der Waals surface area contributed by atoms with E-state index in [9.17, 15) is 8.78 Å². The molecule has 0 bridgehead atoms. The SMILES string of the molecule is Cc1cc(F)ccc1C(N)c1cc(Br)ccc1F. The molecule has 0 radical (unpaired) electrons. The van der Waals surface area contributed by atoms with E-state index >= 15 is 0 Å². The molecule has 2 N–H and O–H groups in total. The lowest BCUT2D eigenvalue weighted by atomic mass is 9.95. The fourth-order valence-corrected chi connectivity index (χ4v) is 2.29. The minimum absolute atomic E-state index is 0.321. The molecule has 0 aromatic heterocycles. The number of aryl methyl sites for hydroxylation is 1. The molecule has 0 fully saturated rings. The molecule has 0 saturated heterocycles. The Balaban J connectivity index is 2.47. The van der Waals surface area contributed by atoms with Crippen molar-refractivity contribution in [2.75, 3.05) is 0 Å². The fourth-order valence-electron chi connectivity index (χ4n) is 1.91. The van der Waals surface area contributed by atoms with Gasteiger partial charge in [-0.15, -0.1) is 0 Å². The van der Waals surface area contributed by atoms with Crippen LogP contribution in [0.25, 0.3) is 0 Å². The summed E-state index contributed by atoms with van der Waals surface area (Å²) in [6, 6.07) is 8.33. The van der Waals surface area contributed by atoms with Crippen molar-refractivity contribution in [2.24, 2.45) is 5.73 Å². The Morgan fingerprint density at radius 1 is 1.06 bits per heavy atom. The number of hydrogen-bond donors (Lipinski definition) is 1. The Hall–Kier alpha value is -1.26. The van der Waals surface area contributed by atoms with E-state index in [1.165, 1.54) is 18.2 Å². The van der Waals surface area contributed by atoms with E-state index in [0.717, 1.165) is 4.47 Å². The van der Waals surface area contributed by atoms with Gasteiger partial charge in [-0.05, 0) is 48.4 Å². The summed E-state index contributed by atoms with van der Waals surface area (Å²) in [6.07, 6.45) is 0. The molecule has 4 heteroatoms. The molecule has 0 aliphatic rings. The van der Waals surface area contributed by atoms with Gasteiger partial charge >= 0.3 is 0 Å². The van der Waals surface area contributed by atoms with Crippen molar-refractivity contribution in [1.29, 1.82) is 0 Å². The lowest BCUT2D eigenvalue weighted by Gasteiger charge is -2.16. The highest BCUT2D eigenvalue weighted by molar-refractivity contribution is 9.10. The van der Waals surface area contributed by atoms with Crippen LogP contribution in [0, 0.1) is 18.6 Å². The third-order valence-corrected chi connectivity index (χ3v) is 3.35. The van der Waals surface area contributed by atoms with Crippen molar-refractivity contribution in [1.82, 2.24) is 0 Å². The first-order valence-electron chi connectivity index (χ1n) is 5.45. The summed E-state index contributed by atoms with van der Waals surface area (Å²) >= 11 is 3.29. The zero-order chi connectivity index (χ0) is 13.3. The number of hydrogen-bond acceptors (Lipinski definition) is 1. The highest BCUT2D eigenvalue weighted by atomic mass is 79.9. The molecule has 18 heavy (non-hydrogen) atoms. The lowest BCUT2D eigenvalue weighted by molar-refractivity contribution is 0.597. The van der Waals surface area contributed by atoms with Crippen molar-refractivity contribution in [2.45, 2.75) is 13.0 Å². The second kappa shape index (κ2) is 5.16. The summed E-state index contributed by atoms with van der Waals surface area (Å²) in [7, 11) is 0. The maximum absolute atomic E-state index is 13.7. The Kier molecular flexibility index (Phi) is 3.78. The van der Waals surface area contributed by atoms with E-state index in [2.05, 4.69) is 15.9 Å². The van der Waals surface area contributed by atoms with E-state index in [1.54, 1.807) is 25.1 Å². The number of nitrogens with two attached hydrogens (primary N) is 1. The summed E-state index contributed by atoms with van der Waals surface area (Å²) in [6.45, 7) is 1.76. The number of halogens is 3. The molecular weight excluding hydrogens is 300 g/mol. The number of benzene rings is 2. The fraction of sp³-hybridized carbons (Fsp3) is 0.143. The lowest BCUT2D eigenvalue weighted by Crippen LogP contribution is -2.15. The molecule has 0 aliphatic heterocycles. The van der Waals surface area contributed by atoms with Crippen LogP contribution in [-0.2, 0) is 0 Å². The van der Waals surface area contributed by atoms with E-state index in [-0.39, 0.29) is 11.6 Å². The standard InChI is InChI=1S/C14H12BrF2N/c1-8-6-10(16)3-4-11(8)14(18)12-7-9(15)2-5-13(12)17/h2-7,14H,18H2,1H3. The van der Waals surface area contributed by atoms with Crippen LogP contribution in [0.1, 0.15) is 22.7 Å². The van der Waals surface area contributed by atoms with Gasteiger partial charge < -0.3 is 5.73 Å². The van der Waals surface area contributed by atoms with Crippen LogP contribution < -0.4 is 5.73 Å². The summed E-state index contributed by atoms with van der Waals surface area (Å²) in [5.74, 6) is -0.687. The third-order valence-electron chi connectivity index (χ3n) is 2.86. The maximum atomic E-state index is 13.7. The molecule has 1 unspecified atom stereocenters. The first kappa shape index (κ1) is 13.2. The monoisotopic (exact) mass is 311 g/mol. The minimum Gasteiger partial charge on any atom is -0.320 e. The van der Waals surface area contributed by atoms with Gasteiger partial charge in [0.05, 0.1) is 6.04 Å². The molecule has 0 saturated carbocycles. The molecular formula is C14H12BrF2N. The minimum atomic E-state index is -0.608. The summed E-state index contributed by atoms with van der Waals surface area (Å²) in [5, 5.41) is 0. The van der Waals surface area contributed by atoms with Crippen LogP contribution in [0.4, 0.5) is 8.78 Å².